The molecule has 0 aromatic heterocycles. The fourth-order valence-electron chi connectivity index (χ4n) is 1.73. The minimum atomic E-state index is 1.13. The molecule has 1 nitrogen and oxygen atoms in total. The van der Waals surface area contributed by atoms with Crippen LogP contribution in [0.15, 0.2) is 54.6 Å². The number of benzene rings is 2. The highest BCUT2D eigenvalue weighted by Gasteiger charge is 1.94. The number of para-hydroxylation sites is 1. The van der Waals surface area contributed by atoms with E-state index in [-0.39, 0.29) is 0 Å². The SMILES string of the molecule is CC.CC.CCCC.CCCc1ccc(Nc2ccccc2)cc1. The third kappa shape index (κ3) is 12.8. The lowest BCUT2D eigenvalue weighted by molar-refractivity contribution is 0.886. The Morgan fingerprint density at radius 3 is 1.46 bits per heavy atom. The summed E-state index contributed by atoms with van der Waals surface area (Å²) in [5.74, 6) is 0. The van der Waals surface area contributed by atoms with Gasteiger partial charge in [0.2, 0.25) is 0 Å². The van der Waals surface area contributed by atoms with Gasteiger partial charge in [-0.15, -0.1) is 0 Å². The van der Waals surface area contributed by atoms with E-state index in [0.29, 0.717) is 0 Å². The van der Waals surface area contributed by atoms with Crippen molar-refractivity contribution >= 4 is 11.4 Å². The Bertz CT molecular complexity index is 443. The lowest BCUT2D eigenvalue weighted by Crippen LogP contribution is -1.90. The monoisotopic (exact) mass is 329 g/mol. The molecule has 0 aliphatic carbocycles. The van der Waals surface area contributed by atoms with Crippen LogP contribution in [0.3, 0.4) is 0 Å². The summed E-state index contributed by atoms with van der Waals surface area (Å²) in [5, 5.41) is 3.37. The molecule has 0 radical (unpaired) electrons. The molecule has 0 saturated heterocycles. The lowest BCUT2D eigenvalue weighted by atomic mass is 10.1. The highest BCUT2D eigenvalue weighted by Crippen LogP contribution is 2.16. The third-order valence-electron chi connectivity index (χ3n) is 3.06. The lowest BCUT2D eigenvalue weighted by Gasteiger charge is -2.06. The number of unbranched alkanes of at least 4 members (excludes halogenated alkanes) is 1. The van der Waals surface area contributed by atoms with Crippen LogP contribution in [0.4, 0.5) is 11.4 Å². The fraction of sp³-hybridized carbons (Fsp3) is 0.478. The van der Waals surface area contributed by atoms with Crippen LogP contribution in [0.25, 0.3) is 0 Å². The highest BCUT2D eigenvalue weighted by molar-refractivity contribution is 5.59. The minimum absolute atomic E-state index is 1.13. The van der Waals surface area contributed by atoms with Gasteiger partial charge in [-0.05, 0) is 36.2 Å². The molecule has 0 saturated carbocycles. The van der Waals surface area contributed by atoms with Gasteiger partial charge in [-0.25, -0.2) is 0 Å². The van der Waals surface area contributed by atoms with Gasteiger partial charge in [0.05, 0.1) is 0 Å². The highest BCUT2D eigenvalue weighted by atomic mass is 14.9. The first-order valence-electron chi connectivity index (χ1n) is 9.71. The van der Waals surface area contributed by atoms with Crippen molar-refractivity contribution in [2.24, 2.45) is 0 Å². The Balaban J connectivity index is 0. The van der Waals surface area contributed by atoms with Gasteiger partial charge in [-0.3, -0.25) is 0 Å². The molecule has 0 spiro atoms. The largest absolute Gasteiger partial charge is 0.356 e. The van der Waals surface area contributed by atoms with Gasteiger partial charge >= 0.3 is 0 Å². The van der Waals surface area contributed by atoms with Gasteiger partial charge < -0.3 is 5.32 Å². The molecular formula is C23H39N. The topological polar surface area (TPSA) is 12.0 Å². The summed E-state index contributed by atoms with van der Waals surface area (Å²) >= 11 is 0. The minimum Gasteiger partial charge on any atom is -0.356 e. The number of anilines is 2. The van der Waals surface area contributed by atoms with Gasteiger partial charge in [0.15, 0.2) is 0 Å². The van der Waals surface area contributed by atoms with Crippen molar-refractivity contribution in [1.29, 1.82) is 0 Å². The van der Waals surface area contributed by atoms with Crippen LogP contribution in [0.5, 0.6) is 0 Å². The van der Waals surface area contributed by atoms with Gasteiger partial charge in [0.25, 0.3) is 0 Å². The summed E-state index contributed by atoms with van der Waals surface area (Å²) in [6.07, 6.45) is 5.00. The quantitative estimate of drug-likeness (QED) is 0.582. The summed E-state index contributed by atoms with van der Waals surface area (Å²) < 4.78 is 0. The summed E-state index contributed by atoms with van der Waals surface area (Å²) in [5.41, 5.74) is 3.68. The molecule has 0 heterocycles. The Kier molecular flexibility index (Phi) is 19.7. The zero-order valence-electron chi connectivity index (χ0n) is 17.0. The zero-order valence-corrected chi connectivity index (χ0v) is 17.0. The molecule has 2 aromatic rings. The molecule has 2 rings (SSSR count). The molecule has 0 atom stereocenters. The van der Waals surface area contributed by atoms with Crippen LogP contribution >= 0.6 is 0 Å². The molecule has 136 valence electrons. The fourth-order valence-corrected chi connectivity index (χ4v) is 1.73. The number of rotatable bonds is 5. The van der Waals surface area contributed by atoms with Crippen molar-refractivity contribution in [1.82, 2.24) is 0 Å². The van der Waals surface area contributed by atoms with E-state index in [1.807, 2.05) is 45.9 Å². The van der Waals surface area contributed by atoms with Crippen molar-refractivity contribution in [2.75, 3.05) is 5.32 Å². The first-order valence-corrected chi connectivity index (χ1v) is 9.71. The summed E-state index contributed by atoms with van der Waals surface area (Å²) in [6.45, 7) is 14.6. The molecule has 0 unspecified atom stereocenters. The van der Waals surface area contributed by atoms with E-state index >= 15 is 0 Å². The number of hydrogen-bond acceptors (Lipinski definition) is 1. The second-order valence-corrected chi connectivity index (χ2v) is 4.94. The summed E-state index contributed by atoms with van der Waals surface area (Å²) in [6, 6.07) is 18.9. The maximum absolute atomic E-state index is 3.37. The van der Waals surface area contributed by atoms with Crippen LogP contribution in [0, 0.1) is 0 Å². The van der Waals surface area contributed by atoms with Crippen molar-refractivity contribution < 1.29 is 0 Å². The van der Waals surface area contributed by atoms with Gasteiger partial charge in [0.1, 0.15) is 0 Å². The first kappa shape index (κ1) is 24.5. The Morgan fingerprint density at radius 1 is 0.583 bits per heavy atom. The number of aryl methyl sites for hydroxylation is 1. The van der Waals surface area contributed by atoms with Crippen molar-refractivity contribution in [3.63, 3.8) is 0 Å². The zero-order chi connectivity index (χ0) is 18.6. The molecule has 1 heteroatoms. The van der Waals surface area contributed by atoms with E-state index in [9.17, 15) is 0 Å². The van der Waals surface area contributed by atoms with Gasteiger partial charge in [0, 0.05) is 11.4 Å². The van der Waals surface area contributed by atoms with E-state index in [2.05, 4.69) is 62.5 Å². The Morgan fingerprint density at radius 2 is 1.04 bits per heavy atom. The van der Waals surface area contributed by atoms with Crippen molar-refractivity contribution in [3.8, 4) is 0 Å². The molecule has 24 heavy (non-hydrogen) atoms. The second-order valence-electron chi connectivity index (χ2n) is 4.94. The summed E-state index contributed by atoms with van der Waals surface area (Å²) in [7, 11) is 0. The van der Waals surface area contributed by atoms with Crippen LogP contribution in [-0.4, -0.2) is 0 Å². The standard InChI is InChI=1S/C15H17N.C4H10.2C2H6/c1-2-6-13-9-11-15(12-10-13)16-14-7-4-3-5-8-14;1-3-4-2;2*1-2/h3-5,7-12,16H,2,6H2,1H3;3-4H2,1-2H3;2*1-2H3. The maximum atomic E-state index is 3.37. The first-order chi connectivity index (χ1) is 11.8. The van der Waals surface area contributed by atoms with Crippen LogP contribution < -0.4 is 5.32 Å². The molecular weight excluding hydrogens is 290 g/mol. The van der Waals surface area contributed by atoms with E-state index in [4.69, 9.17) is 0 Å². The molecule has 2 aromatic carbocycles. The third-order valence-corrected chi connectivity index (χ3v) is 3.06. The van der Waals surface area contributed by atoms with Crippen LogP contribution in [0.1, 0.15) is 73.3 Å². The second kappa shape index (κ2) is 19.3. The van der Waals surface area contributed by atoms with Crippen LogP contribution in [0.2, 0.25) is 0 Å². The predicted octanol–water partition coefficient (Wildman–Crippen LogP) is 8.24. The average Bonchev–Trinajstić information content (AvgIpc) is 2.68. The molecule has 0 aliphatic rings. The number of hydrogen-bond donors (Lipinski definition) is 1. The van der Waals surface area contributed by atoms with Gasteiger partial charge in [-0.1, -0.05) is 98.1 Å². The number of nitrogens with one attached hydrogen (secondary N) is 1. The average molecular weight is 330 g/mol. The van der Waals surface area contributed by atoms with E-state index in [0.717, 1.165) is 17.8 Å². The van der Waals surface area contributed by atoms with E-state index in [1.54, 1.807) is 0 Å². The summed E-state index contributed by atoms with van der Waals surface area (Å²) in [4.78, 5) is 0. The normalized spacial score (nSPS) is 8.46. The Labute approximate surface area is 151 Å². The molecule has 1 N–H and O–H groups in total. The van der Waals surface area contributed by atoms with E-state index < -0.39 is 0 Å². The van der Waals surface area contributed by atoms with Crippen molar-refractivity contribution in [2.45, 2.75) is 74.1 Å². The molecule has 0 fully saturated rings. The van der Waals surface area contributed by atoms with Gasteiger partial charge in [-0.2, -0.15) is 0 Å². The Hall–Kier alpha value is -1.76. The van der Waals surface area contributed by atoms with Crippen LogP contribution in [-0.2, 0) is 6.42 Å². The van der Waals surface area contributed by atoms with Crippen molar-refractivity contribution in [3.05, 3.63) is 60.2 Å². The smallest absolute Gasteiger partial charge is 0.0384 e. The molecule has 0 aliphatic heterocycles. The molecule has 0 bridgehead atoms. The molecule has 0 amide bonds. The van der Waals surface area contributed by atoms with E-state index in [1.165, 1.54) is 24.8 Å². The predicted molar refractivity (Wildman–Crippen MR) is 113 cm³/mol. The maximum Gasteiger partial charge on any atom is 0.0384 e.